The van der Waals surface area contributed by atoms with E-state index in [2.05, 4.69) is 4.98 Å². The summed E-state index contributed by atoms with van der Waals surface area (Å²) in [7, 11) is 1.61. The number of rotatable bonds is 6. The molecule has 3 rings (SSSR count). The zero-order valence-electron chi connectivity index (χ0n) is 15.7. The van der Waals surface area contributed by atoms with E-state index in [-0.39, 0.29) is 18.1 Å². The van der Waals surface area contributed by atoms with Gasteiger partial charge in [0.2, 0.25) is 5.78 Å². The first-order valence-corrected chi connectivity index (χ1v) is 8.93. The molecule has 0 spiro atoms. The fourth-order valence-corrected chi connectivity index (χ4v) is 3.13. The van der Waals surface area contributed by atoms with Gasteiger partial charge in [-0.15, -0.1) is 0 Å². The Kier molecular flexibility index (Phi) is 5.80. The molecule has 0 saturated heterocycles. The Morgan fingerprint density at radius 3 is 2.46 bits per heavy atom. The Balaban J connectivity index is 1.76. The summed E-state index contributed by atoms with van der Waals surface area (Å²) in [6.07, 6.45) is 1.41. The van der Waals surface area contributed by atoms with Gasteiger partial charge in [0.15, 0.2) is 6.61 Å². The van der Waals surface area contributed by atoms with Gasteiger partial charge in [0.05, 0.1) is 7.11 Å². The molecule has 28 heavy (non-hydrogen) atoms. The minimum absolute atomic E-state index is 0.0593. The van der Waals surface area contributed by atoms with Crippen LogP contribution in [0.15, 0.2) is 48.7 Å². The number of ketones is 1. The third-order valence-corrected chi connectivity index (χ3v) is 4.56. The maximum absolute atomic E-state index is 12.6. The van der Waals surface area contributed by atoms with Crippen LogP contribution in [0.4, 0.5) is 0 Å². The van der Waals surface area contributed by atoms with Crippen LogP contribution in [0, 0.1) is 13.8 Å². The third kappa shape index (κ3) is 4.07. The Labute approximate surface area is 167 Å². The maximum atomic E-state index is 12.6. The number of aromatic nitrogens is 2. The molecule has 3 aromatic rings. The number of methoxy groups -OCH3 is 1. The van der Waals surface area contributed by atoms with Gasteiger partial charge in [0.25, 0.3) is 0 Å². The summed E-state index contributed by atoms with van der Waals surface area (Å²) in [5.41, 5.74) is 3.14. The van der Waals surface area contributed by atoms with Crippen molar-refractivity contribution in [2.75, 3.05) is 13.7 Å². The monoisotopic (exact) mass is 398 g/mol. The predicted molar refractivity (Wildman–Crippen MR) is 106 cm³/mol. The summed E-state index contributed by atoms with van der Waals surface area (Å²) < 4.78 is 12.3. The number of halogens is 1. The molecule has 7 heteroatoms. The lowest BCUT2D eigenvalue weighted by atomic mass is 10.1. The molecule has 0 N–H and O–H groups in total. The van der Waals surface area contributed by atoms with Gasteiger partial charge < -0.3 is 14.0 Å². The van der Waals surface area contributed by atoms with Crippen LogP contribution in [0.2, 0.25) is 5.02 Å². The number of benzene rings is 1. The fourth-order valence-electron chi connectivity index (χ4n) is 2.97. The van der Waals surface area contributed by atoms with E-state index in [1.807, 2.05) is 42.7 Å². The van der Waals surface area contributed by atoms with Gasteiger partial charge >= 0.3 is 5.97 Å². The molecule has 0 amide bonds. The van der Waals surface area contributed by atoms with E-state index in [0.29, 0.717) is 10.6 Å². The van der Waals surface area contributed by atoms with Crippen LogP contribution >= 0.6 is 11.6 Å². The summed E-state index contributed by atoms with van der Waals surface area (Å²) in [6.45, 7) is 3.39. The van der Waals surface area contributed by atoms with E-state index in [9.17, 15) is 9.59 Å². The zero-order valence-corrected chi connectivity index (χ0v) is 16.5. The lowest BCUT2D eigenvalue weighted by molar-refractivity contribution is 0.0468. The first-order valence-electron chi connectivity index (χ1n) is 8.56. The van der Waals surface area contributed by atoms with E-state index in [0.717, 1.165) is 22.8 Å². The van der Waals surface area contributed by atoms with Crippen molar-refractivity contribution < 1.29 is 19.1 Å². The van der Waals surface area contributed by atoms with Crippen molar-refractivity contribution in [1.82, 2.24) is 9.55 Å². The molecular weight excluding hydrogens is 380 g/mol. The van der Waals surface area contributed by atoms with Crippen LogP contribution in [-0.4, -0.2) is 35.0 Å². The standard InChI is InChI=1S/C21H19ClN2O4/c1-13-10-18(14(2)24(13)16-4-6-17(27-3)7-5-16)20(25)12-28-21(26)19-11-15(22)8-9-23-19/h4-11H,12H2,1-3H3. The summed E-state index contributed by atoms with van der Waals surface area (Å²) in [5, 5.41) is 0.372. The number of pyridine rings is 1. The second kappa shape index (κ2) is 8.27. The van der Waals surface area contributed by atoms with Crippen LogP contribution in [0.1, 0.15) is 32.2 Å². The zero-order chi connectivity index (χ0) is 20.3. The first-order chi connectivity index (χ1) is 13.4. The number of esters is 1. The molecule has 0 unspecified atom stereocenters. The number of ether oxygens (including phenoxy) is 2. The molecule has 1 aromatic carbocycles. The first kappa shape index (κ1) is 19.6. The van der Waals surface area contributed by atoms with Crippen molar-refractivity contribution in [2.24, 2.45) is 0 Å². The molecule has 0 bridgehead atoms. The lowest BCUT2D eigenvalue weighted by Gasteiger charge is -2.11. The molecule has 2 heterocycles. The average Bonchev–Trinajstić information content (AvgIpc) is 3.00. The molecule has 0 saturated carbocycles. The molecule has 144 valence electrons. The average molecular weight is 399 g/mol. The van der Waals surface area contributed by atoms with E-state index in [1.54, 1.807) is 19.2 Å². The lowest BCUT2D eigenvalue weighted by Crippen LogP contribution is -2.15. The Bertz CT molecular complexity index is 1030. The highest BCUT2D eigenvalue weighted by molar-refractivity contribution is 6.30. The molecule has 6 nitrogen and oxygen atoms in total. The summed E-state index contributed by atoms with van der Waals surface area (Å²) in [4.78, 5) is 28.6. The Morgan fingerprint density at radius 2 is 1.82 bits per heavy atom. The number of Topliss-reactive ketones (excluding diaryl/α,β-unsaturated/α-hetero) is 1. The summed E-state index contributed by atoms with van der Waals surface area (Å²) in [5.74, 6) is -0.230. The van der Waals surface area contributed by atoms with E-state index in [1.165, 1.54) is 12.3 Å². The summed E-state index contributed by atoms with van der Waals surface area (Å²) >= 11 is 5.84. The van der Waals surface area contributed by atoms with Gasteiger partial charge in [-0.2, -0.15) is 0 Å². The predicted octanol–water partition coefficient (Wildman–Crippen LogP) is 4.19. The second-order valence-electron chi connectivity index (χ2n) is 6.18. The van der Waals surface area contributed by atoms with Crippen LogP contribution in [0.3, 0.4) is 0 Å². The van der Waals surface area contributed by atoms with Crippen LogP contribution < -0.4 is 4.74 Å². The molecular formula is C21H19ClN2O4. The minimum atomic E-state index is -0.695. The van der Waals surface area contributed by atoms with Crippen molar-refractivity contribution in [2.45, 2.75) is 13.8 Å². The van der Waals surface area contributed by atoms with E-state index in [4.69, 9.17) is 21.1 Å². The van der Waals surface area contributed by atoms with Gasteiger partial charge in [-0.3, -0.25) is 4.79 Å². The topological polar surface area (TPSA) is 70.4 Å². The van der Waals surface area contributed by atoms with E-state index < -0.39 is 5.97 Å². The van der Waals surface area contributed by atoms with Crippen molar-refractivity contribution in [3.63, 3.8) is 0 Å². The maximum Gasteiger partial charge on any atom is 0.357 e. The fraction of sp³-hybridized carbons (Fsp3) is 0.190. The van der Waals surface area contributed by atoms with Crippen molar-refractivity contribution in [1.29, 1.82) is 0 Å². The van der Waals surface area contributed by atoms with Gasteiger partial charge in [-0.25, -0.2) is 9.78 Å². The number of hydrogen-bond acceptors (Lipinski definition) is 5. The van der Waals surface area contributed by atoms with Gasteiger partial charge in [-0.05, 0) is 56.3 Å². The summed E-state index contributed by atoms with van der Waals surface area (Å²) in [6, 6.07) is 12.3. The minimum Gasteiger partial charge on any atom is -0.497 e. The molecule has 0 aliphatic carbocycles. The third-order valence-electron chi connectivity index (χ3n) is 4.33. The number of hydrogen-bond donors (Lipinski definition) is 0. The quantitative estimate of drug-likeness (QED) is 0.460. The molecule has 0 fully saturated rings. The smallest absolute Gasteiger partial charge is 0.357 e. The highest BCUT2D eigenvalue weighted by Crippen LogP contribution is 2.23. The highest BCUT2D eigenvalue weighted by Gasteiger charge is 2.19. The normalized spacial score (nSPS) is 10.6. The molecule has 0 radical (unpaired) electrons. The molecule has 2 aromatic heterocycles. The van der Waals surface area contributed by atoms with Crippen molar-refractivity contribution in [3.8, 4) is 11.4 Å². The number of carbonyl (C=O) groups is 2. The molecule has 0 aliphatic heterocycles. The van der Waals surface area contributed by atoms with Crippen LogP contribution in [0.5, 0.6) is 5.75 Å². The molecule has 0 atom stereocenters. The van der Waals surface area contributed by atoms with E-state index >= 15 is 0 Å². The second-order valence-corrected chi connectivity index (χ2v) is 6.61. The highest BCUT2D eigenvalue weighted by atomic mass is 35.5. The largest absolute Gasteiger partial charge is 0.497 e. The number of aryl methyl sites for hydroxylation is 1. The van der Waals surface area contributed by atoms with Gasteiger partial charge in [0, 0.05) is 33.9 Å². The Hall–Kier alpha value is -3.12. The van der Waals surface area contributed by atoms with Gasteiger partial charge in [-0.1, -0.05) is 11.6 Å². The number of carbonyl (C=O) groups excluding carboxylic acids is 2. The van der Waals surface area contributed by atoms with Crippen LogP contribution in [0.25, 0.3) is 5.69 Å². The SMILES string of the molecule is COc1ccc(-n2c(C)cc(C(=O)COC(=O)c3cc(Cl)ccn3)c2C)cc1. The molecule has 0 aliphatic rings. The van der Waals surface area contributed by atoms with Crippen molar-refractivity contribution >= 4 is 23.4 Å². The number of nitrogens with zero attached hydrogens (tertiary/aromatic N) is 2. The van der Waals surface area contributed by atoms with Gasteiger partial charge in [0.1, 0.15) is 11.4 Å². The Morgan fingerprint density at radius 1 is 1.11 bits per heavy atom. The van der Waals surface area contributed by atoms with Crippen LogP contribution in [-0.2, 0) is 4.74 Å². The van der Waals surface area contributed by atoms with Crippen molar-refractivity contribution in [3.05, 3.63) is 76.3 Å².